The van der Waals surface area contributed by atoms with Crippen LogP contribution < -0.4 is 4.72 Å². The minimum atomic E-state index is -3.61. The van der Waals surface area contributed by atoms with E-state index in [-0.39, 0.29) is 4.90 Å². The fourth-order valence-electron chi connectivity index (χ4n) is 3.55. The Balaban J connectivity index is 1.62. The largest absolute Gasteiger partial charge is 0.449 e. The topological polar surface area (TPSA) is 72.2 Å². The molecule has 1 saturated carbocycles. The van der Waals surface area contributed by atoms with Gasteiger partial charge in [0.2, 0.25) is 10.0 Å². The van der Waals surface area contributed by atoms with Crippen LogP contribution in [0.5, 0.6) is 0 Å². The van der Waals surface area contributed by atoms with Gasteiger partial charge in [-0.2, -0.15) is 4.72 Å². The molecule has 2 aromatic heterocycles. The number of aryl methyl sites for hydroxylation is 1. The molecule has 1 N–H and O–H groups in total. The fourth-order valence-corrected chi connectivity index (χ4v) is 5.99. The third-order valence-electron chi connectivity index (χ3n) is 4.86. The standard InChI is InChI=1S/C19H20N2O3S2/c1-14-20-17(13-24-14)15-6-8-16(9-7-15)26(22,23)21-19(10-2-3-11-19)18-5-4-12-25-18/h4-9,12-13,21H,2-3,10-11H2,1H3. The summed E-state index contributed by atoms with van der Waals surface area (Å²) in [6.45, 7) is 1.78. The molecule has 0 unspecified atom stereocenters. The Kier molecular flexibility index (Phi) is 4.46. The molecule has 2 heterocycles. The van der Waals surface area contributed by atoms with Crippen molar-refractivity contribution in [2.45, 2.75) is 43.0 Å². The maximum atomic E-state index is 13.0. The van der Waals surface area contributed by atoms with E-state index in [0.717, 1.165) is 36.1 Å². The van der Waals surface area contributed by atoms with E-state index in [2.05, 4.69) is 9.71 Å². The van der Waals surface area contributed by atoms with Crippen LogP contribution in [0.2, 0.25) is 0 Å². The van der Waals surface area contributed by atoms with Crippen LogP contribution in [0.15, 0.2) is 57.4 Å². The molecule has 1 aromatic carbocycles. The Bertz CT molecular complexity index is 984. The maximum absolute atomic E-state index is 13.0. The Labute approximate surface area is 157 Å². The lowest BCUT2D eigenvalue weighted by Crippen LogP contribution is -2.43. The van der Waals surface area contributed by atoms with Crippen LogP contribution >= 0.6 is 11.3 Å². The van der Waals surface area contributed by atoms with Crippen molar-refractivity contribution in [2.75, 3.05) is 0 Å². The SMILES string of the molecule is Cc1nc(-c2ccc(S(=O)(=O)NC3(c4cccs4)CCCC3)cc2)co1. The Morgan fingerprint density at radius 1 is 1.15 bits per heavy atom. The molecule has 0 bridgehead atoms. The molecule has 0 amide bonds. The number of hydrogen-bond acceptors (Lipinski definition) is 5. The van der Waals surface area contributed by atoms with Gasteiger partial charge in [-0.15, -0.1) is 11.3 Å². The third kappa shape index (κ3) is 3.22. The van der Waals surface area contributed by atoms with Crippen molar-refractivity contribution in [1.82, 2.24) is 9.71 Å². The van der Waals surface area contributed by atoms with Gasteiger partial charge in [-0.25, -0.2) is 13.4 Å². The van der Waals surface area contributed by atoms with Crippen molar-refractivity contribution >= 4 is 21.4 Å². The molecule has 26 heavy (non-hydrogen) atoms. The number of sulfonamides is 1. The van der Waals surface area contributed by atoms with E-state index in [1.54, 1.807) is 48.8 Å². The predicted octanol–water partition coefficient (Wildman–Crippen LogP) is 4.46. The van der Waals surface area contributed by atoms with Gasteiger partial charge in [0.1, 0.15) is 12.0 Å². The Morgan fingerprint density at radius 2 is 1.88 bits per heavy atom. The van der Waals surface area contributed by atoms with Gasteiger partial charge in [0, 0.05) is 17.4 Å². The molecule has 136 valence electrons. The number of oxazole rings is 1. The number of aromatic nitrogens is 1. The molecule has 1 aliphatic rings. The van der Waals surface area contributed by atoms with Gasteiger partial charge in [0.15, 0.2) is 5.89 Å². The average molecular weight is 389 g/mol. The quantitative estimate of drug-likeness (QED) is 0.700. The summed E-state index contributed by atoms with van der Waals surface area (Å²) in [7, 11) is -3.61. The number of benzene rings is 1. The van der Waals surface area contributed by atoms with Crippen molar-refractivity contribution in [1.29, 1.82) is 0 Å². The molecule has 0 atom stereocenters. The third-order valence-corrected chi connectivity index (χ3v) is 7.49. The molecular weight excluding hydrogens is 368 g/mol. The van der Waals surface area contributed by atoms with Crippen molar-refractivity contribution < 1.29 is 12.8 Å². The van der Waals surface area contributed by atoms with Gasteiger partial charge >= 0.3 is 0 Å². The van der Waals surface area contributed by atoms with E-state index in [1.165, 1.54) is 0 Å². The summed E-state index contributed by atoms with van der Waals surface area (Å²) < 4.78 is 34.2. The zero-order valence-corrected chi connectivity index (χ0v) is 16.1. The predicted molar refractivity (Wildman–Crippen MR) is 101 cm³/mol. The highest BCUT2D eigenvalue weighted by Crippen LogP contribution is 2.42. The van der Waals surface area contributed by atoms with Crippen LogP contribution in [0.1, 0.15) is 36.5 Å². The van der Waals surface area contributed by atoms with Gasteiger partial charge in [-0.05, 0) is 36.4 Å². The molecular formula is C19H20N2O3S2. The van der Waals surface area contributed by atoms with Crippen molar-refractivity contribution in [2.24, 2.45) is 0 Å². The van der Waals surface area contributed by atoms with Crippen LogP contribution in [-0.2, 0) is 15.6 Å². The molecule has 3 aromatic rings. The van der Waals surface area contributed by atoms with E-state index in [1.807, 2.05) is 17.5 Å². The molecule has 0 saturated heterocycles. The smallest absolute Gasteiger partial charge is 0.241 e. The molecule has 5 nitrogen and oxygen atoms in total. The summed E-state index contributed by atoms with van der Waals surface area (Å²) in [6.07, 6.45) is 5.31. The summed E-state index contributed by atoms with van der Waals surface area (Å²) in [5.41, 5.74) is 1.05. The van der Waals surface area contributed by atoms with Gasteiger partial charge in [0.25, 0.3) is 0 Å². The summed E-state index contributed by atoms with van der Waals surface area (Å²) in [5, 5.41) is 2.00. The lowest BCUT2D eigenvalue weighted by molar-refractivity contribution is 0.412. The molecule has 7 heteroatoms. The molecule has 0 spiro atoms. The molecule has 0 aliphatic heterocycles. The Hall–Kier alpha value is -1.96. The first-order chi connectivity index (χ1) is 12.5. The highest BCUT2D eigenvalue weighted by Gasteiger charge is 2.40. The molecule has 4 rings (SSSR count). The van der Waals surface area contributed by atoms with Gasteiger partial charge in [0.05, 0.1) is 10.4 Å². The molecule has 1 aliphatic carbocycles. The van der Waals surface area contributed by atoms with Gasteiger partial charge < -0.3 is 4.42 Å². The number of nitrogens with one attached hydrogen (secondary N) is 1. The summed E-state index contributed by atoms with van der Waals surface area (Å²) in [5.74, 6) is 0.581. The summed E-state index contributed by atoms with van der Waals surface area (Å²) in [4.78, 5) is 5.63. The highest BCUT2D eigenvalue weighted by molar-refractivity contribution is 7.89. The second-order valence-electron chi connectivity index (χ2n) is 6.65. The first kappa shape index (κ1) is 17.5. The van der Waals surface area contributed by atoms with Crippen molar-refractivity contribution in [3.8, 4) is 11.3 Å². The second-order valence-corrected chi connectivity index (χ2v) is 9.28. The van der Waals surface area contributed by atoms with Gasteiger partial charge in [-0.1, -0.05) is 31.0 Å². The van der Waals surface area contributed by atoms with Gasteiger partial charge in [-0.3, -0.25) is 0 Å². The monoisotopic (exact) mass is 388 g/mol. The van der Waals surface area contributed by atoms with E-state index >= 15 is 0 Å². The first-order valence-corrected chi connectivity index (χ1v) is 11.0. The zero-order valence-electron chi connectivity index (χ0n) is 14.4. The van der Waals surface area contributed by atoms with Crippen LogP contribution in [0.25, 0.3) is 11.3 Å². The second kappa shape index (κ2) is 6.64. The van der Waals surface area contributed by atoms with E-state index in [9.17, 15) is 8.42 Å². The minimum absolute atomic E-state index is 0.268. The summed E-state index contributed by atoms with van der Waals surface area (Å²) >= 11 is 1.61. The van der Waals surface area contributed by atoms with E-state index < -0.39 is 15.6 Å². The highest BCUT2D eigenvalue weighted by atomic mass is 32.2. The minimum Gasteiger partial charge on any atom is -0.449 e. The average Bonchev–Trinajstić information content (AvgIpc) is 3.36. The molecule has 1 fully saturated rings. The molecule has 0 radical (unpaired) electrons. The Morgan fingerprint density at radius 3 is 2.46 bits per heavy atom. The number of thiophene rings is 1. The van der Waals surface area contributed by atoms with Crippen LogP contribution in [0.3, 0.4) is 0 Å². The fraction of sp³-hybridized carbons (Fsp3) is 0.316. The van der Waals surface area contributed by atoms with E-state index in [4.69, 9.17) is 4.42 Å². The number of rotatable bonds is 5. The number of hydrogen-bond donors (Lipinski definition) is 1. The van der Waals surface area contributed by atoms with Crippen molar-refractivity contribution in [3.05, 3.63) is 58.8 Å². The van der Waals surface area contributed by atoms with E-state index in [0.29, 0.717) is 11.6 Å². The lowest BCUT2D eigenvalue weighted by atomic mass is 9.97. The normalized spacial score (nSPS) is 16.8. The van der Waals surface area contributed by atoms with Crippen LogP contribution in [0.4, 0.5) is 0 Å². The summed E-state index contributed by atoms with van der Waals surface area (Å²) in [6, 6.07) is 10.8. The van der Waals surface area contributed by atoms with Crippen LogP contribution in [-0.4, -0.2) is 13.4 Å². The van der Waals surface area contributed by atoms with Crippen LogP contribution in [0, 0.1) is 6.92 Å². The number of nitrogens with zero attached hydrogens (tertiary/aromatic N) is 1. The van der Waals surface area contributed by atoms with Crippen molar-refractivity contribution in [3.63, 3.8) is 0 Å². The zero-order chi connectivity index (χ0) is 18.2. The first-order valence-electron chi connectivity index (χ1n) is 8.59. The lowest BCUT2D eigenvalue weighted by Gasteiger charge is -2.29. The maximum Gasteiger partial charge on any atom is 0.241 e.